The van der Waals surface area contributed by atoms with Gasteiger partial charge in [0.25, 0.3) is 0 Å². The predicted molar refractivity (Wildman–Crippen MR) is 109 cm³/mol. The lowest BCUT2D eigenvalue weighted by atomic mass is 9.89. The van der Waals surface area contributed by atoms with E-state index in [-0.39, 0.29) is 18.6 Å². The molecule has 0 amide bonds. The number of aliphatic hydroxyl groups is 2. The van der Waals surface area contributed by atoms with Crippen LogP contribution in [0.25, 0.3) is 0 Å². The van der Waals surface area contributed by atoms with Gasteiger partial charge in [0.15, 0.2) is 0 Å². The maximum atomic E-state index is 10.2. The van der Waals surface area contributed by atoms with Crippen molar-refractivity contribution in [3.8, 4) is 0 Å². The molecule has 0 fully saturated rings. The van der Waals surface area contributed by atoms with Gasteiger partial charge in [-0.1, -0.05) is 90.4 Å². The van der Waals surface area contributed by atoms with Crippen LogP contribution in [0.1, 0.15) is 103 Å². The number of rotatable bonds is 19. The summed E-state index contributed by atoms with van der Waals surface area (Å²) >= 11 is 0. The van der Waals surface area contributed by atoms with Crippen molar-refractivity contribution >= 4 is 0 Å². The van der Waals surface area contributed by atoms with Crippen molar-refractivity contribution in [1.82, 2.24) is 0 Å². The molecule has 152 valence electrons. The Morgan fingerprint density at radius 1 is 0.720 bits per heavy atom. The third-order valence-electron chi connectivity index (χ3n) is 5.36. The molecule has 6 N–H and O–H groups in total. The highest BCUT2D eigenvalue weighted by Crippen LogP contribution is 2.17. The second-order valence-corrected chi connectivity index (χ2v) is 7.69. The molecule has 4 nitrogen and oxygen atoms in total. The standard InChI is InChI=1S/C21H46N2O2/c1-2-3-4-5-6-7-8-9-10-11-12-13-14-15-21(25)19(18-24)20(23)16-17-22/h19-21,24-25H,2-18,22-23H2,1H3. The van der Waals surface area contributed by atoms with Crippen molar-refractivity contribution in [1.29, 1.82) is 0 Å². The lowest BCUT2D eigenvalue weighted by Gasteiger charge is -2.26. The summed E-state index contributed by atoms with van der Waals surface area (Å²) in [5.41, 5.74) is 11.5. The Morgan fingerprint density at radius 2 is 1.16 bits per heavy atom. The quantitative estimate of drug-likeness (QED) is 0.261. The molecule has 4 heteroatoms. The lowest BCUT2D eigenvalue weighted by molar-refractivity contribution is 0.0438. The maximum absolute atomic E-state index is 10.2. The summed E-state index contributed by atoms with van der Waals surface area (Å²) in [5.74, 6) is -0.235. The molecule has 25 heavy (non-hydrogen) atoms. The van der Waals surface area contributed by atoms with Crippen LogP contribution >= 0.6 is 0 Å². The van der Waals surface area contributed by atoms with Crippen LogP contribution in [-0.4, -0.2) is 35.5 Å². The molecule has 0 aromatic heterocycles. The van der Waals surface area contributed by atoms with Gasteiger partial charge in [-0.3, -0.25) is 0 Å². The zero-order chi connectivity index (χ0) is 18.8. The predicted octanol–water partition coefficient (Wildman–Crippen LogP) is 4.11. The third kappa shape index (κ3) is 14.7. The molecule has 0 bridgehead atoms. The van der Waals surface area contributed by atoms with E-state index in [1.54, 1.807) is 0 Å². The van der Waals surface area contributed by atoms with Gasteiger partial charge in [-0.25, -0.2) is 0 Å². The van der Waals surface area contributed by atoms with Crippen LogP contribution in [0, 0.1) is 5.92 Å². The molecule has 0 aromatic carbocycles. The van der Waals surface area contributed by atoms with Gasteiger partial charge in [-0.2, -0.15) is 0 Å². The highest BCUT2D eigenvalue weighted by Gasteiger charge is 2.24. The Balaban J connectivity index is 3.42. The van der Waals surface area contributed by atoms with E-state index in [4.69, 9.17) is 11.5 Å². The highest BCUT2D eigenvalue weighted by atomic mass is 16.3. The summed E-state index contributed by atoms with van der Waals surface area (Å²) in [6.45, 7) is 2.71. The van der Waals surface area contributed by atoms with E-state index in [1.807, 2.05) is 0 Å². The largest absolute Gasteiger partial charge is 0.396 e. The summed E-state index contributed by atoms with van der Waals surface area (Å²) in [6, 6.07) is -0.202. The van der Waals surface area contributed by atoms with Crippen LogP contribution in [0.15, 0.2) is 0 Å². The van der Waals surface area contributed by atoms with Crippen LogP contribution in [0.5, 0.6) is 0 Å². The third-order valence-corrected chi connectivity index (χ3v) is 5.36. The van der Waals surface area contributed by atoms with Gasteiger partial charge in [0, 0.05) is 18.6 Å². The first kappa shape index (κ1) is 24.8. The van der Waals surface area contributed by atoms with E-state index in [0.717, 1.165) is 12.8 Å². The Kier molecular flexibility index (Phi) is 18.5. The smallest absolute Gasteiger partial charge is 0.0605 e. The zero-order valence-corrected chi connectivity index (χ0v) is 16.8. The highest BCUT2D eigenvalue weighted by molar-refractivity contribution is 4.79. The van der Waals surface area contributed by atoms with Gasteiger partial charge < -0.3 is 21.7 Å². The molecule has 0 spiro atoms. The van der Waals surface area contributed by atoms with Crippen LogP contribution in [0.4, 0.5) is 0 Å². The fraction of sp³-hybridized carbons (Fsp3) is 1.00. The summed E-state index contributed by atoms with van der Waals surface area (Å²) in [5, 5.41) is 19.6. The number of aliphatic hydroxyl groups excluding tert-OH is 2. The average Bonchev–Trinajstić information content (AvgIpc) is 2.60. The second kappa shape index (κ2) is 18.6. The van der Waals surface area contributed by atoms with Gasteiger partial charge in [-0.05, 0) is 19.4 Å². The first-order valence-corrected chi connectivity index (χ1v) is 10.9. The topological polar surface area (TPSA) is 92.5 Å². The van der Waals surface area contributed by atoms with Gasteiger partial charge in [0.1, 0.15) is 0 Å². The van der Waals surface area contributed by atoms with Crippen molar-refractivity contribution < 1.29 is 10.2 Å². The summed E-state index contributed by atoms with van der Waals surface area (Å²) in [4.78, 5) is 0. The fourth-order valence-corrected chi connectivity index (χ4v) is 3.53. The van der Waals surface area contributed by atoms with E-state index in [9.17, 15) is 10.2 Å². The van der Waals surface area contributed by atoms with Crippen LogP contribution in [0.3, 0.4) is 0 Å². The number of unbranched alkanes of at least 4 members (excludes halogenated alkanes) is 12. The Labute approximate surface area is 156 Å². The molecule has 0 saturated heterocycles. The first-order chi connectivity index (χ1) is 12.2. The minimum atomic E-state index is -0.501. The van der Waals surface area contributed by atoms with Gasteiger partial charge >= 0.3 is 0 Å². The molecule has 0 aromatic rings. The number of nitrogens with two attached hydrogens (primary N) is 2. The molecular formula is C21H46N2O2. The molecule has 0 radical (unpaired) electrons. The lowest BCUT2D eigenvalue weighted by Crippen LogP contribution is -2.41. The minimum Gasteiger partial charge on any atom is -0.396 e. The van der Waals surface area contributed by atoms with Crippen molar-refractivity contribution in [2.45, 2.75) is 115 Å². The Bertz CT molecular complexity index is 264. The van der Waals surface area contributed by atoms with Crippen LogP contribution in [0.2, 0.25) is 0 Å². The average molecular weight is 359 g/mol. The van der Waals surface area contributed by atoms with Gasteiger partial charge in [0.2, 0.25) is 0 Å². The monoisotopic (exact) mass is 358 g/mol. The molecule has 3 unspecified atom stereocenters. The van der Waals surface area contributed by atoms with Crippen LogP contribution < -0.4 is 11.5 Å². The van der Waals surface area contributed by atoms with Crippen molar-refractivity contribution in [2.24, 2.45) is 17.4 Å². The number of hydrogen-bond acceptors (Lipinski definition) is 4. The number of hydrogen-bond donors (Lipinski definition) is 4. The minimum absolute atomic E-state index is 0.0548. The molecule has 0 aliphatic heterocycles. The molecule has 0 aliphatic carbocycles. The second-order valence-electron chi connectivity index (χ2n) is 7.69. The normalized spacial score (nSPS) is 15.2. The SMILES string of the molecule is CCCCCCCCCCCCCCCC(O)C(CO)C(N)CCN. The van der Waals surface area contributed by atoms with Crippen LogP contribution in [-0.2, 0) is 0 Å². The summed E-state index contributed by atoms with van der Waals surface area (Å²) in [6.07, 6.45) is 18.1. The van der Waals surface area contributed by atoms with E-state index < -0.39 is 6.10 Å². The Hall–Kier alpha value is -0.160. The summed E-state index contributed by atoms with van der Waals surface area (Å²) < 4.78 is 0. The molecule has 0 aliphatic rings. The van der Waals surface area contributed by atoms with Gasteiger partial charge in [0.05, 0.1) is 6.10 Å². The van der Waals surface area contributed by atoms with E-state index >= 15 is 0 Å². The van der Waals surface area contributed by atoms with Crippen molar-refractivity contribution in [2.75, 3.05) is 13.2 Å². The van der Waals surface area contributed by atoms with E-state index in [1.165, 1.54) is 77.0 Å². The van der Waals surface area contributed by atoms with E-state index in [2.05, 4.69) is 6.92 Å². The van der Waals surface area contributed by atoms with E-state index in [0.29, 0.717) is 13.0 Å². The first-order valence-electron chi connectivity index (χ1n) is 10.9. The summed E-state index contributed by atoms with van der Waals surface area (Å²) in [7, 11) is 0. The molecule has 0 rings (SSSR count). The fourth-order valence-electron chi connectivity index (χ4n) is 3.53. The molecular weight excluding hydrogens is 312 g/mol. The maximum Gasteiger partial charge on any atom is 0.0605 e. The van der Waals surface area contributed by atoms with Crippen molar-refractivity contribution in [3.05, 3.63) is 0 Å². The Morgan fingerprint density at radius 3 is 1.56 bits per heavy atom. The molecule has 0 heterocycles. The van der Waals surface area contributed by atoms with Crippen molar-refractivity contribution in [3.63, 3.8) is 0 Å². The molecule has 3 atom stereocenters. The molecule has 0 saturated carbocycles. The van der Waals surface area contributed by atoms with Gasteiger partial charge in [-0.15, -0.1) is 0 Å². The zero-order valence-electron chi connectivity index (χ0n) is 16.8.